The van der Waals surface area contributed by atoms with E-state index in [1.807, 2.05) is 0 Å². The molecule has 0 unspecified atom stereocenters. The second kappa shape index (κ2) is 6.98. The summed E-state index contributed by atoms with van der Waals surface area (Å²) in [5.74, 6) is -2.77. The van der Waals surface area contributed by atoms with Crippen molar-refractivity contribution < 1.29 is 27.5 Å². The van der Waals surface area contributed by atoms with Crippen molar-refractivity contribution in [3.05, 3.63) is 41.2 Å². The molecule has 1 aromatic rings. The first-order chi connectivity index (χ1) is 9.69. The summed E-state index contributed by atoms with van der Waals surface area (Å²) in [6, 6.07) is 3.54. The number of benzene rings is 1. The third kappa shape index (κ3) is 6.17. The first kappa shape index (κ1) is 16.8. The van der Waals surface area contributed by atoms with E-state index in [0.29, 0.717) is 0 Å². The molecule has 0 atom stereocenters. The minimum absolute atomic E-state index is 0.0217. The van der Waals surface area contributed by atoms with Gasteiger partial charge in [-0.1, -0.05) is 6.07 Å². The summed E-state index contributed by atoms with van der Waals surface area (Å²) in [4.78, 5) is 22.0. The summed E-state index contributed by atoms with van der Waals surface area (Å²) >= 11 is 0. The van der Waals surface area contributed by atoms with Gasteiger partial charge in [-0.15, -0.1) is 0 Å². The average molecular weight is 315 g/mol. The molecule has 0 saturated heterocycles. The molecule has 0 saturated carbocycles. The number of halogens is 1. The standard InChI is InChI=1S/C13H14FNO5S/c1-21(19,20)7-6-15-13(18)10-3-2-9(11(14)8-10)4-5-12(16)17/h2-5,8H,6-7H2,1H3,(H,15,18)(H,16,17). The van der Waals surface area contributed by atoms with E-state index in [1.165, 1.54) is 12.1 Å². The van der Waals surface area contributed by atoms with E-state index in [9.17, 15) is 22.4 Å². The Balaban J connectivity index is 2.74. The second-order valence-electron chi connectivity index (χ2n) is 4.29. The van der Waals surface area contributed by atoms with E-state index in [4.69, 9.17) is 5.11 Å². The van der Waals surface area contributed by atoms with Crippen molar-refractivity contribution in [2.75, 3.05) is 18.6 Å². The molecule has 8 heteroatoms. The van der Waals surface area contributed by atoms with E-state index in [0.717, 1.165) is 24.5 Å². The molecule has 0 aliphatic rings. The molecule has 6 nitrogen and oxygen atoms in total. The van der Waals surface area contributed by atoms with Gasteiger partial charge in [0.1, 0.15) is 15.7 Å². The molecule has 114 valence electrons. The Bertz CT molecular complexity index is 682. The molecule has 0 aliphatic carbocycles. The van der Waals surface area contributed by atoms with Crippen LogP contribution in [0.3, 0.4) is 0 Å². The van der Waals surface area contributed by atoms with Crippen molar-refractivity contribution in [3.8, 4) is 0 Å². The first-order valence-corrected chi connectivity index (χ1v) is 7.91. The van der Waals surface area contributed by atoms with Crippen LogP contribution >= 0.6 is 0 Å². The minimum atomic E-state index is -3.19. The fourth-order valence-corrected chi connectivity index (χ4v) is 1.89. The van der Waals surface area contributed by atoms with Crippen LogP contribution in [0.25, 0.3) is 6.08 Å². The highest BCUT2D eigenvalue weighted by Crippen LogP contribution is 2.12. The highest BCUT2D eigenvalue weighted by Gasteiger charge is 2.10. The Labute approximate surface area is 121 Å². The van der Waals surface area contributed by atoms with Gasteiger partial charge in [0.15, 0.2) is 0 Å². The number of carboxylic acids is 1. The van der Waals surface area contributed by atoms with Gasteiger partial charge in [-0.2, -0.15) is 0 Å². The van der Waals surface area contributed by atoms with Crippen LogP contribution in [0.5, 0.6) is 0 Å². The zero-order valence-corrected chi connectivity index (χ0v) is 12.0. The molecule has 0 bridgehead atoms. The summed E-state index contributed by atoms with van der Waals surface area (Å²) in [6.45, 7) is -0.0695. The summed E-state index contributed by atoms with van der Waals surface area (Å²) in [5.41, 5.74) is 0.0542. The van der Waals surface area contributed by atoms with Crippen LogP contribution < -0.4 is 5.32 Å². The second-order valence-corrected chi connectivity index (χ2v) is 6.55. The largest absolute Gasteiger partial charge is 0.478 e. The van der Waals surface area contributed by atoms with E-state index in [1.54, 1.807) is 0 Å². The van der Waals surface area contributed by atoms with Crippen molar-refractivity contribution in [1.29, 1.82) is 0 Å². The number of nitrogens with one attached hydrogen (secondary N) is 1. The molecule has 0 fully saturated rings. The molecule has 2 N–H and O–H groups in total. The summed E-state index contributed by atoms with van der Waals surface area (Å²) in [5, 5.41) is 10.8. The quantitative estimate of drug-likeness (QED) is 0.753. The molecular formula is C13H14FNO5S. The highest BCUT2D eigenvalue weighted by atomic mass is 32.2. The van der Waals surface area contributed by atoms with Crippen LogP contribution in [0.4, 0.5) is 4.39 Å². The zero-order chi connectivity index (χ0) is 16.0. The van der Waals surface area contributed by atoms with Crippen molar-refractivity contribution >= 4 is 27.8 Å². The van der Waals surface area contributed by atoms with Crippen molar-refractivity contribution in [2.24, 2.45) is 0 Å². The molecular weight excluding hydrogens is 301 g/mol. The lowest BCUT2D eigenvalue weighted by atomic mass is 10.1. The maximum atomic E-state index is 13.7. The van der Waals surface area contributed by atoms with Gasteiger partial charge >= 0.3 is 5.97 Å². The molecule has 0 heterocycles. The normalized spacial score (nSPS) is 11.5. The number of carboxylic acid groups (broad SMARTS) is 1. The van der Waals surface area contributed by atoms with Crippen LogP contribution in [0.1, 0.15) is 15.9 Å². The Kier molecular flexibility index (Phi) is 5.60. The maximum Gasteiger partial charge on any atom is 0.328 e. The minimum Gasteiger partial charge on any atom is -0.478 e. The molecule has 0 aliphatic heterocycles. The molecule has 1 amide bonds. The highest BCUT2D eigenvalue weighted by molar-refractivity contribution is 7.90. The van der Waals surface area contributed by atoms with Gasteiger partial charge in [-0.05, 0) is 18.2 Å². The molecule has 1 aromatic carbocycles. The fraction of sp³-hybridized carbons (Fsp3) is 0.231. The van der Waals surface area contributed by atoms with Gasteiger partial charge in [0.25, 0.3) is 5.91 Å². The number of carbonyl (C=O) groups is 2. The number of carbonyl (C=O) groups excluding carboxylic acids is 1. The van der Waals surface area contributed by atoms with E-state index < -0.39 is 27.5 Å². The predicted molar refractivity (Wildman–Crippen MR) is 75.1 cm³/mol. The van der Waals surface area contributed by atoms with Gasteiger partial charge in [0.05, 0.1) is 5.75 Å². The molecule has 0 spiro atoms. The van der Waals surface area contributed by atoms with Crippen LogP contribution in [0.15, 0.2) is 24.3 Å². The summed E-state index contributed by atoms with van der Waals surface area (Å²) < 4.78 is 35.5. The van der Waals surface area contributed by atoms with Crippen molar-refractivity contribution in [3.63, 3.8) is 0 Å². The third-order valence-corrected chi connectivity index (χ3v) is 3.37. The summed E-state index contributed by atoms with van der Waals surface area (Å²) in [6.07, 6.45) is 2.90. The monoisotopic (exact) mass is 315 g/mol. The Hall–Kier alpha value is -2.22. The zero-order valence-electron chi connectivity index (χ0n) is 11.2. The molecule has 21 heavy (non-hydrogen) atoms. The van der Waals surface area contributed by atoms with Crippen LogP contribution in [-0.4, -0.2) is 44.0 Å². The number of aliphatic carboxylic acids is 1. The van der Waals surface area contributed by atoms with Crippen LogP contribution in [-0.2, 0) is 14.6 Å². The van der Waals surface area contributed by atoms with E-state index in [2.05, 4.69) is 5.32 Å². The number of rotatable bonds is 6. The van der Waals surface area contributed by atoms with Crippen molar-refractivity contribution in [2.45, 2.75) is 0 Å². The SMILES string of the molecule is CS(=O)(=O)CCNC(=O)c1ccc(C=CC(=O)O)c(F)c1. The van der Waals surface area contributed by atoms with Gasteiger partial charge < -0.3 is 10.4 Å². The third-order valence-electron chi connectivity index (χ3n) is 2.43. The molecule has 0 radical (unpaired) electrons. The van der Waals surface area contributed by atoms with Gasteiger partial charge in [-0.3, -0.25) is 4.79 Å². The lowest BCUT2D eigenvalue weighted by Crippen LogP contribution is -2.28. The lowest BCUT2D eigenvalue weighted by molar-refractivity contribution is -0.131. The first-order valence-electron chi connectivity index (χ1n) is 5.85. The Morgan fingerprint density at radius 3 is 2.57 bits per heavy atom. The van der Waals surface area contributed by atoms with E-state index >= 15 is 0 Å². The fourth-order valence-electron chi connectivity index (χ4n) is 1.42. The maximum absolute atomic E-state index is 13.7. The Morgan fingerprint density at radius 1 is 1.38 bits per heavy atom. The molecule has 0 aromatic heterocycles. The summed E-state index contributed by atoms with van der Waals surface area (Å²) in [7, 11) is -3.19. The van der Waals surface area contributed by atoms with Gasteiger partial charge in [0, 0.05) is 30.0 Å². The number of amides is 1. The van der Waals surface area contributed by atoms with Crippen LogP contribution in [0.2, 0.25) is 0 Å². The smallest absolute Gasteiger partial charge is 0.328 e. The average Bonchev–Trinajstić information content (AvgIpc) is 2.35. The Morgan fingerprint density at radius 2 is 2.05 bits per heavy atom. The van der Waals surface area contributed by atoms with Gasteiger partial charge in [0.2, 0.25) is 0 Å². The predicted octanol–water partition coefficient (Wildman–Crippen LogP) is 0.698. The number of hydrogen-bond donors (Lipinski definition) is 2. The van der Waals surface area contributed by atoms with E-state index in [-0.39, 0.29) is 23.4 Å². The number of sulfone groups is 1. The number of hydrogen-bond acceptors (Lipinski definition) is 4. The molecule has 1 rings (SSSR count). The lowest BCUT2D eigenvalue weighted by Gasteiger charge is -2.05. The van der Waals surface area contributed by atoms with Gasteiger partial charge in [-0.25, -0.2) is 17.6 Å². The van der Waals surface area contributed by atoms with Crippen LogP contribution in [0, 0.1) is 5.82 Å². The topological polar surface area (TPSA) is 101 Å². The van der Waals surface area contributed by atoms with Crippen molar-refractivity contribution in [1.82, 2.24) is 5.32 Å².